The molecular weight excluding hydrogens is 320 g/mol. The van der Waals surface area contributed by atoms with Gasteiger partial charge in [-0.05, 0) is 27.3 Å². The molecule has 0 saturated carbocycles. The van der Waals surface area contributed by atoms with E-state index >= 15 is 0 Å². The molecule has 1 aliphatic rings. The standard InChI is InChI=1S/C17H24N6O2/c1-5-21-6-8-22(9-7-21)16(25)14-10-18-23(13(14)4)17-19-12(3)11(2)15(24)20-17/h10H,5-9H2,1-4H3,(H,19,20,24). The van der Waals surface area contributed by atoms with Gasteiger partial charge in [0.1, 0.15) is 0 Å². The van der Waals surface area contributed by atoms with Crippen molar-refractivity contribution in [1.29, 1.82) is 0 Å². The molecule has 2 aromatic rings. The zero-order valence-corrected chi connectivity index (χ0v) is 15.2. The summed E-state index contributed by atoms with van der Waals surface area (Å²) in [6, 6.07) is 0. The SMILES string of the molecule is CCN1CCN(C(=O)c2cnn(-c3nc(C)c(C)c(=O)[nH]3)c2C)CC1. The number of hydrogen-bond acceptors (Lipinski definition) is 5. The highest BCUT2D eigenvalue weighted by Gasteiger charge is 2.25. The molecule has 2 aromatic heterocycles. The second kappa shape index (κ2) is 6.79. The first kappa shape index (κ1) is 17.3. The van der Waals surface area contributed by atoms with Crippen LogP contribution in [0, 0.1) is 20.8 Å². The number of aromatic amines is 1. The summed E-state index contributed by atoms with van der Waals surface area (Å²) in [5.74, 6) is 0.311. The number of nitrogens with one attached hydrogen (secondary N) is 1. The van der Waals surface area contributed by atoms with E-state index in [9.17, 15) is 9.59 Å². The summed E-state index contributed by atoms with van der Waals surface area (Å²) in [7, 11) is 0. The highest BCUT2D eigenvalue weighted by atomic mass is 16.2. The van der Waals surface area contributed by atoms with E-state index in [0.717, 1.165) is 32.7 Å². The van der Waals surface area contributed by atoms with Crippen molar-refractivity contribution in [3.63, 3.8) is 0 Å². The van der Waals surface area contributed by atoms with Crippen LogP contribution in [0.25, 0.3) is 5.95 Å². The van der Waals surface area contributed by atoms with E-state index in [1.54, 1.807) is 20.0 Å². The van der Waals surface area contributed by atoms with Gasteiger partial charge in [0.05, 0.1) is 17.5 Å². The van der Waals surface area contributed by atoms with Gasteiger partial charge in [-0.1, -0.05) is 6.92 Å². The first-order valence-corrected chi connectivity index (χ1v) is 8.56. The number of aryl methyl sites for hydroxylation is 1. The van der Waals surface area contributed by atoms with Gasteiger partial charge in [0.25, 0.3) is 11.5 Å². The minimum Gasteiger partial charge on any atom is -0.336 e. The first-order chi connectivity index (χ1) is 11.9. The lowest BCUT2D eigenvalue weighted by Gasteiger charge is -2.33. The summed E-state index contributed by atoms with van der Waals surface area (Å²) < 4.78 is 1.52. The number of carbonyl (C=O) groups is 1. The highest BCUT2D eigenvalue weighted by molar-refractivity contribution is 5.95. The fraction of sp³-hybridized carbons (Fsp3) is 0.529. The highest BCUT2D eigenvalue weighted by Crippen LogP contribution is 2.15. The van der Waals surface area contributed by atoms with E-state index in [4.69, 9.17) is 0 Å². The van der Waals surface area contributed by atoms with Crippen LogP contribution in [0.1, 0.15) is 34.2 Å². The third kappa shape index (κ3) is 3.21. The van der Waals surface area contributed by atoms with E-state index in [1.165, 1.54) is 4.68 Å². The van der Waals surface area contributed by atoms with Crippen LogP contribution in [-0.2, 0) is 0 Å². The van der Waals surface area contributed by atoms with Gasteiger partial charge in [-0.2, -0.15) is 5.10 Å². The number of H-pyrrole nitrogens is 1. The van der Waals surface area contributed by atoms with Gasteiger partial charge in [0.2, 0.25) is 5.95 Å². The quantitative estimate of drug-likeness (QED) is 0.884. The summed E-state index contributed by atoms with van der Waals surface area (Å²) in [6.07, 6.45) is 1.55. The van der Waals surface area contributed by atoms with Crippen molar-refractivity contribution >= 4 is 5.91 Å². The molecule has 3 heterocycles. The number of aromatic nitrogens is 4. The Hall–Kier alpha value is -2.48. The van der Waals surface area contributed by atoms with Crippen LogP contribution < -0.4 is 5.56 Å². The molecule has 1 amide bonds. The maximum Gasteiger partial charge on any atom is 0.257 e. The molecule has 0 bridgehead atoms. The minimum absolute atomic E-state index is 0.0225. The third-order valence-electron chi connectivity index (χ3n) is 4.93. The van der Waals surface area contributed by atoms with Crippen LogP contribution >= 0.6 is 0 Å². The van der Waals surface area contributed by atoms with Crippen LogP contribution in [0.4, 0.5) is 0 Å². The second-order valence-corrected chi connectivity index (χ2v) is 6.38. The lowest BCUT2D eigenvalue weighted by atomic mass is 10.2. The summed E-state index contributed by atoms with van der Waals surface area (Å²) in [4.78, 5) is 36.1. The minimum atomic E-state index is -0.194. The van der Waals surface area contributed by atoms with E-state index in [1.807, 2.05) is 11.8 Å². The van der Waals surface area contributed by atoms with E-state index < -0.39 is 0 Å². The summed E-state index contributed by atoms with van der Waals surface area (Å²) in [5.41, 5.74) is 2.26. The monoisotopic (exact) mass is 344 g/mol. The predicted octanol–water partition coefficient (Wildman–Crippen LogP) is 0.659. The van der Waals surface area contributed by atoms with Crippen LogP contribution in [0.2, 0.25) is 0 Å². The Balaban J connectivity index is 1.87. The number of amides is 1. The Bertz CT molecular complexity index is 845. The van der Waals surface area contributed by atoms with Crippen LogP contribution in [-0.4, -0.2) is 68.2 Å². The van der Waals surface area contributed by atoms with Crippen LogP contribution in [0.3, 0.4) is 0 Å². The Morgan fingerprint density at radius 3 is 2.48 bits per heavy atom. The average molecular weight is 344 g/mol. The first-order valence-electron chi connectivity index (χ1n) is 8.56. The molecule has 1 saturated heterocycles. The molecule has 1 aliphatic heterocycles. The Kier molecular flexibility index (Phi) is 4.71. The van der Waals surface area contributed by atoms with Crippen molar-refractivity contribution in [3.8, 4) is 5.95 Å². The summed E-state index contributed by atoms with van der Waals surface area (Å²) in [6.45, 7) is 11.7. The predicted molar refractivity (Wildman–Crippen MR) is 94.2 cm³/mol. The topological polar surface area (TPSA) is 87.1 Å². The molecule has 1 N–H and O–H groups in total. The van der Waals surface area contributed by atoms with Gasteiger partial charge in [0, 0.05) is 37.4 Å². The van der Waals surface area contributed by atoms with Gasteiger partial charge in [0.15, 0.2) is 0 Å². The number of piperazine rings is 1. The lowest BCUT2D eigenvalue weighted by Crippen LogP contribution is -2.48. The Morgan fingerprint density at radius 2 is 1.88 bits per heavy atom. The lowest BCUT2D eigenvalue weighted by molar-refractivity contribution is 0.0642. The molecule has 0 aromatic carbocycles. The third-order valence-corrected chi connectivity index (χ3v) is 4.93. The maximum absolute atomic E-state index is 12.8. The summed E-state index contributed by atoms with van der Waals surface area (Å²) in [5, 5.41) is 4.27. The number of nitrogens with zero attached hydrogens (tertiary/aromatic N) is 5. The van der Waals surface area contributed by atoms with Gasteiger partial charge in [-0.15, -0.1) is 0 Å². The molecule has 0 spiro atoms. The van der Waals surface area contributed by atoms with Crippen molar-refractivity contribution in [2.24, 2.45) is 0 Å². The van der Waals surface area contributed by atoms with Crippen molar-refractivity contribution < 1.29 is 4.79 Å². The average Bonchev–Trinajstić information content (AvgIpc) is 3.00. The van der Waals surface area contributed by atoms with Crippen LogP contribution in [0.5, 0.6) is 0 Å². The zero-order chi connectivity index (χ0) is 18.1. The van der Waals surface area contributed by atoms with Gasteiger partial charge < -0.3 is 9.80 Å². The molecule has 1 fully saturated rings. The number of rotatable bonds is 3. The van der Waals surface area contributed by atoms with Gasteiger partial charge in [-0.25, -0.2) is 9.67 Å². The van der Waals surface area contributed by atoms with Gasteiger partial charge in [-0.3, -0.25) is 14.6 Å². The Morgan fingerprint density at radius 1 is 1.20 bits per heavy atom. The van der Waals surface area contributed by atoms with Crippen molar-refractivity contribution in [2.75, 3.05) is 32.7 Å². The van der Waals surface area contributed by atoms with Crippen molar-refractivity contribution in [3.05, 3.63) is 39.1 Å². The molecule has 0 atom stereocenters. The largest absolute Gasteiger partial charge is 0.336 e. The fourth-order valence-electron chi connectivity index (χ4n) is 3.00. The van der Waals surface area contributed by atoms with Crippen LogP contribution in [0.15, 0.2) is 11.0 Å². The summed E-state index contributed by atoms with van der Waals surface area (Å²) >= 11 is 0. The molecule has 8 nitrogen and oxygen atoms in total. The smallest absolute Gasteiger partial charge is 0.257 e. The van der Waals surface area contributed by atoms with E-state index in [-0.39, 0.29) is 11.5 Å². The molecule has 3 rings (SSSR count). The number of hydrogen-bond donors (Lipinski definition) is 1. The molecule has 134 valence electrons. The molecular formula is C17H24N6O2. The fourth-order valence-corrected chi connectivity index (χ4v) is 3.00. The zero-order valence-electron chi connectivity index (χ0n) is 15.2. The molecule has 8 heteroatoms. The van der Waals surface area contributed by atoms with E-state index in [0.29, 0.717) is 28.5 Å². The Labute approximate surface area is 146 Å². The number of carbonyl (C=O) groups excluding carboxylic acids is 1. The molecule has 0 unspecified atom stereocenters. The normalized spacial score (nSPS) is 15.6. The molecule has 0 aliphatic carbocycles. The van der Waals surface area contributed by atoms with E-state index in [2.05, 4.69) is 26.9 Å². The van der Waals surface area contributed by atoms with Crippen molar-refractivity contribution in [2.45, 2.75) is 27.7 Å². The molecule has 0 radical (unpaired) electrons. The second-order valence-electron chi connectivity index (χ2n) is 6.38. The molecule has 25 heavy (non-hydrogen) atoms. The maximum atomic E-state index is 12.8. The number of likely N-dealkylation sites (N-methyl/N-ethyl adjacent to an activating group) is 1. The van der Waals surface area contributed by atoms with Crippen molar-refractivity contribution in [1.82, 2.24) is 29.5 Å². The van der Waals surface area contributed by atoms with Gasteiger partial charge >= 0.3 is 0 Å².